The lowest BCUT2D eigenvalue weighted by molar-refractivity contribution is -0.141. The zero-order valence-electron chi connectivity index (χ0n) is 10.4. The first-order chi connectivity index (χ1) is 9.02. The minimum absolute atomic E-state index is 0.00735. The van der Waals surface area contributed by atoms with Gasteiger partial charge in [0.2, 0.25) is 5.91 Å². The normalized spacial score (nSPS) is 18.7. The number of carbonyl (C=O) groups is 2. The molecule has 102 valence electrons. The van der Waals surface area contributed by atoms with Crippen LogP contribution in [-0.2, 0) is 9.59 Å². The van der Waals surface area contributed by atoms with Crippen molar-refractivity contribution in [1.82, 2.24) is 0 Å². The summed E-state index contributed by atoms with van der Waals surface area (Å²) < 4.78 is 5.45. The van der Waals surface area contributed by atoms with Crippen LogP contribution in [0, 0.1) is 5.92 Å². The van der Waals surface area contributed by atoms with Gasteiger partial charge < -0.3 is 14.7 Å². The molecule has 1 fully saturated rings. The van der Waals surface area contributed by atoms with Crippen LogP contribution in [0.15, 0.2) is 18.2 Å². The third-order valence-corrected chi connectivity index (χ3v) is 3.22. The van der Waals surface area contributed by atoms with Crippen LogP contribution in [0.1, 0.15) is 13.3 Å². The smallest absolute Gasteiger partial charge is 0.308 e. The lowest BCUT2D eigenvalue weighted by atomic mass is 10.1. The highest BCUT2D eigenvalue weighted by molar-refractivity contribution is 6.31. The number of amides is 1. The quantitative estimate of drug-likeness (QED) is 0.920. The van der Waals surface area contributed by atoms with Crippen LogP contribution >= 0.6 is 11.6 Å². The first kappa shape index (κ1) is 13.7. The molecule has 1 aliphatic heterocycles. The van der Waals surface area contributed by atoms with Gasteiger partial charge in [-0.2, -0.15) is 0 Å². The molecule has 6 heteroatoms. The summed E-state index contributed by atoms with van der Waals surface area (Å²) in [7, 11) is 0. The molecule has 1 aromatic carbocycles. The van der Waals surface area contributed by atoms with E-state index in [0.29, 0.717) is 23.1 Å². The predicted octanol–water partition coefficient (Wildman–Crippen LogP) is 2.18. The number of carboxylic acids is 1. The Morgan fingerprint density at radius 3 is 2.89 bits per heavy atom. The minimum atomic E-state index is -0.962. The highest BCUT2D eigenvalue weighted by atomic mass is 35.5. The summed E-state index contributed by atoms with van der Waals surface area (Å²) >= 11 is 5.93. The maximum atomic E-state index is 11.9. The molecule has 1 heterocycles. The van der Waals surface area contributed by atoms with Gasteiger partial charge in [-0.05, 0) is 25.1 Å². The molecule has 0 aliphatic carbocycles. The molecule has 1 amide bonds. The number of carbonyl (C=O) groups excluding carboxylic acids is 1. The number of hydrogen-bond acceptors (Lipinski definition) is 3. The van der Waals surface area contributed by atoms with E-state index < -0.39 is 11.9 Å². The van der Waals surface area contributed by atoms with Crippen molar-refractivity contribution in [3.05, 3.63) is 23.2 Å². The molecule has 0 spiro atoms. The Morgan fingerprint density at radius 2 is 2.32 bits per heavy atom. The maximum absolute atomic E-state index is 11.9. The standard InChI is InChI=1S/C13H14ClNO4/c1-2-19-11-4-3-9(14)6-10(11)15-7-8(13(17)18)5-12(15)16/h3-4,6,8H,2,5,7H2,1H3,(H,17,18). The van der Waals surface area contributed by atoms with E-state index in [2.05, 4.69) is 0 Å². The Balaban J connectivity index is 2.33. The van der Waals surface area contributed by atoms with Crippen LogP contribution in [0.3, 0.4) is 0 Å². The van der Waals surface area contributed by atoms with E-state index in [1.54, 1.807) is 18.2 Å². The van der Waals surface area contributed by atoms with E-state index in [9.17, 15) is 9.59 Å². The second kappa shape index (κ2) is 5.48. The van der Waals surface area contributed by atoms with Gasteiger partial charge in [0.05, 0.1) is 18.2 Å². The summed E-state index contributed by atoms with van der Waals surface area (Å²) in [5.74, 6) is -1.33. The number of carboxylic acid groups (broad SMARTS) is 1. The predicted molar refractivity (Wildman–Crippen MR) is 70.7 cm³/mol. The molecule has 0 aromatic heterocycles. The van der Waals surface area contributed by atoms with Crippen molar-refractivity contribution in [2.75, 3.05) is 18.1 Å². The lowest BCUT2D eigenvalue weighted by Gasteiger charge is -2.20. The molecule has 1 aliphatic rings. The van der Waals surface area contributed by atoms with Gasteiger partial charge in [-0.25, -0.2) is 0 Å². The fourth-order valence-electron chi connectivity index (χ4n) is 2.08. The second-order valence-electron chi connectivity index (χ2n) is 4.29. The summed E-state index contributed by atoms with van der Waals surface area (Å²) in [5.41, 5.74) is 0.531. The van der Waals surface area contributed by atoms with Gasteiger partial charge in [-0.15, -0.1) is 0 Å². The Bertz CT molecular complexity index is 517. The van der Waals surface area contributed by atoms with Gasteiger partial charge in [-0.1, -0.05) is 11.6 Å². The summed E-state index contributed by atoms with van der Waals surface area (Å²) in [6.07, 6.45) is 0.00735. The topological polar surface area (TPSA) is 66.8 Å². The van der Waals surface area contributed by atoms with E-state index in [1.165, 1.54) is 4.90 Å². The van der Waals surface area contributed by atoms with Crippen LogP contribution in [0.25, 0.3) is 0 Å². The Kier molecular flexibility index (Phi) is 3.95. The van der Waals surface area contributed by atoms with Crippen LogP contribution < -0.4 is 9.64 Å². The summed E-state index contributed by atoms with van der Waals surface area (Å²) in [6.45, 7) is 2.44. The van der Waals surface area contributed by atoms with E-state index in [1.807, 2.05) is 6.92 Å². The monoisotopic (exact) mass is 283 g/mol. The zero-order valence-corrected chi connectivity index (χ0v) is 11.2. The van der Waals surface area contributed by atoms with Crippen molar-refractivity contribution >= 4 is 29.2 Å². The molecule has 19 heavy (non-hydrogen) atoms. The van der Waals surface area contributed by atoms with E-state index in [4.69, 9.17) is 21.4 Å². The largest absolute Gasteiger partial charge is 0.492 e. The van der Waals surface area contributed by atoms with Gasteiger partial charge >= 0.3 is 5.97 Å². The van der Waals surface area contributed by atoms with Crippen molar-refractivity contribution in [2.45, 2.75) is 13.3 Å². The number of ether oxygens (including phenoxy) is 1. The summed E-state index contributed by atoms with van der Waals surface area (Å²) in [4.78, 5) is 24.3. The number of rotatable bonds is 4. The number of nitrogens with zero attached hydrogens (tertiary/aromatic N) is 1. The van der Waals surface area contributed by atoms with Gasteiger partial charge in [-0.3, -0.25) is 9.59 Å². The molecule has 5 nitrogen and oxygen atoms in total. The highest BCUT2D eigenvalue weighted by Gasteiger charge is 2.36. The molecular formula is C13H14ClNO4. The zero-order chi connectivity index (χ0) is 14.0. The highest BCUT2D eigenvalue weighted by Crippen LogP contribution is 2.35. The summed E-state index contributed by atoms with van der Waals surface area (Å²) in [6, 6.07) is 4.97. The first-order valence-electron chi connectivity index (χ1n) is 5.98. The van der Waals surface area contributed by atoms with Crippen LogP contribution in [0.2, 0.25) is 5.02 Å². The fraction of sp³-hybridized carbons (Fsp3) is 0.385. The van der Waals surface area contributed by atoms with Crippen molar-refractivity contribution in [3.8, 4) is 5.75 Å². The van der Waals surface area contributed by atoms with Crippen LogP contribution in [0.4, 0.5) is 5.69 Å². The van der Waals surface area contributed by atoms with Crippen molar-refractivity contribution in [2.24, 2.45) is 5.92 Å². The van der Waals surface area contributed by atoms with Gasteiger partial charge in [0.15, 0.2) is 0 Å². The van der Waals surface area contributed by atoms with Gasteiger partial charge in [0, 0.05) is 18.0 Å². The fourth-order valence-corrected chi connectivity index (χ4v) is 2.25. The Morgan fingerprint density at radius 1 is 1.58 bits per heavy atom. The number of hydrogen-bond donors (Lipinski definition) is 1. The molecule has 1 unspecified atom stereocenters. The van der Waals surface area contributed by atoms with E-state index >= 15 is 0 Å². The molecule has 1 saturated heterocycles. The number of benzene rings is 1. The van der Waals surface area contributed by atoms with Crippen molar-refractivity contribution in [3.63, 3.8) is 0 Å². The average Bonchev–Trinajstić information content (AvgIpc) is 2.74. The molecule has 0 saturated carbocycles. The second-order valence-corrected chi connectivity index (χ2v) is 4.73. The summed E-state index contributed by atoms with van der Waals surface area (Å²) in [5, 5.41) is 9.46. The average molecular weight is 284 g/mol. The maximum Gasteiger partial charge on any atom is 0.308 e. The van der Waals surface area contributed by atoms with Crippen molar-refractivity contribution in [1.29, 1.82) is 0 Å². The van der Waals surface area contributed by atoms with Crippen LogP contribution in [0.5, 0.6) is 5.75 Å². The first-order valence-corrected chi connectivity index (χ1v) is 6.36. The number of halogens is 1. The third-order valence-electron chi connectivity index (χ3n) is 2.99. The van der Waals surface area contributed by atoms with Crippen LogP contribution in [-0.4, -0.2) is 30.1 Å². The Labute approximate surface area is 115 Å². The molecular weight excluding hydrogens is 270 g/mol. The molecule has 0 bridgehead atoms. The molecule has 1 aromatic rings. The molecule has 2 rings (SSSR count). The lowest BCUT2D eigenvalue weighted by Crippen LogP contribution is -2.26. The van der Waals surface area contributed by atoms with E-state index in [0.717, 1.165) is 0 Å². The van der Waals surface area contributed by atoms with Crippen molar-refractivity contribution < 1.29 is 19.4 Å². The third kappa shape index (κ3) is 2.81. The molecule has 0 radical (unpaired) electrons. The van der Waals surface area contributed by atoms with Gasteiger partial charge in [0.1, 0.15) is 5.75 Å². The molecule has 1 N–H and O–H groups in total. The Hall–Kier alpha value is -1.75. The molecule has 1 atom stereocenters. The number of aliphatic carboxylic acids is 1. The SMILES string of the molecule is CCOc1ccc(Cl)cc1N1CC(C(=O)O)CC1=O. The van der Waals surface area contributed by atoms with Gasteiger partial charge in [0.25, 0.3) is 0 Å². The van der Waals surface area contributed by atoms with E-state index in [-0.39, 0.29) is 18.9 Å². The number of anilines is 1. The minimum Gasteiger partial charge on any atom is -0.492 e.